The first-order valence-electron chi connectivity index (χ1n) is 31.7. The molecule has 0 saturated carbocycles. The molecule has 0 amide bonds. The van der Waals surface area contributed by atoms with Crippen LogP contribution in [0.1, 0.15) is 179 Å². The molecule has 9 aromatic rings. The van der Waals surface area contributed by atoms with Crippen LogP contribution in [0.15, 0.2) is 188 Å². The van der Waals surface area contributed by atoms with Crippen molar-refractivity contribution in [1.82, 2.24) is 0 Å². The Kier molecular flexibility index (Phi) is 12.3. The van der Waals surface area contributed by atoms with Gasteiger partial charge < -0.3 is 14.7 Å². The van der Waals surface area contributed by atoms with Gasteiger partial charge in [-0.25, -0.2) is 0 Å². The van der Waals surface area contributed by atoms with E-state index in [9.17, 15) is 0 Å². The summed E-state index contributed by atoms with van der Waals surface area (Å²) in [6.07, 6.45) is 5.67. The van der Waals surface area contributed by atoms with Gasteiger partial charge in [-0.1, -0.05) is 218 Å². The quantitative estimate of drug-likeness (QED) is 0.140. The van der Waals surface area contributed by atoms with Crippen molar-refractivity contribution in [3.63, 3.8) is 0 Å². The number of para-hydroxylation sites is 2. The number of fused-ring (bicyclic) bond motifs is 7. The second kappa shape index (κ2) is 19.0. The summed E-state index contributed by atoms with van der Waals surface area (Å²) < 4.78 is 0. The predicted octanol–water partition coefficient (Wildman–Crippen LogP) is 20.2. The Morgan fingerprint density at radius 1 is 0.365 bits per heavy atom. The lowest BCUT2D eigenvalue weighted by Gasteiger charge is -2.49. The number of anilines is 9. The van der Waals surface area contributed by atoms with E-state index in [1.165, 1.54) is 112 Å². The molecule has 9 aromatic carbocycles. The topological polar surface area (TPSA) is 9.72 Å². The highest BCUT2D eigenvalue weighted by molar-refractivity contribution is 7.00. The average molecular weight is 1110 g/mol. The SMILES string of the molecule is Cc1cc2c(cc1N1c3cc4c(cc3B3c5cc6c(cc5N(c5ccc(C(C)(C)c7ccccc7)cc5-c5ccccc5)c5cc(N(c7ccccc7)c7ccccc7)cc1c53)C(C)(C)CCC6(C)C)C(C)(C)CCC4(C)C)C(C)(C)CC2(C)C. The van der Waals surface area contributed by atoms with Crippen LogP contribution in [0.4, 0.5) is 51.2 Å². The van der Waals surface area contributed by atoms with Crippen LogP contribution >= 0.6 is 0 Å². The highest BCUT2D eigenvalue weighted by Gasteiger charge is 2.50. The Morgan fingerprint density at radius 2 is 0.765 bits per heavy atom. The van der Waals surface area contributed by atoms with Crippen LogP contribution in [0.3, 0.4) is 0 Å². The second-order valence-corrected chi connectivity index (χ2v) is 30.7. The highest BCUT2D eigenvalue weighted by Crippen LogP contribution is 2.57. The zero-order valence-electron chi connectivity index (χ0n) is 53.4. The standard InChI is InChI=1S/C81H86BN3/c1-52-42-60-65(80(12,13)51-79(60,10)11)48-69(52)85-71-50-64-62(76(4,5)39-41-78(64,8)9)47-67(71)82-66-46-61-63(77(6,7)40-38-75(61,2)3)49-70(66)84(68-37-36-55(43-59(68)53-28-20-16-21-29-53)81(14,15)54-30-22-17-23-31-54)72-44-58(45-73(85)74(72)82)83(56-32-24-18-25-33-56)57-34-26-19-27-35-57/h16-37,42-50H,38-41,51H2,1-15H3. The van der Waals surface area contributed by atoms with E-state index in [0.717, 1.165) is 49.2 Å². The summed E-state index contributed by atoms with van der Waals surface area (Å²) in [5, 5.41) is 0. The molecule has 0 radical (unpaired) electrons. The summed E-state index contributed by atoms with van der Waals surface area (Å²) >= 11 is 0. The molecular weight excluding hydrogens is 1030 g/mol. The number of benzene rings is 9. The van der Waals surface area contributed by atoms with Gasteiger partial charge in [0, 0.05) is 50.8 Å². The van der Waals surface area contributed by atoms with Crippen LogP contribution in [-0.4, -0.2) is 6.71 Å². The first-order chi connectivity index (χ1) is 40.3. The lowest BCUT2D eigenvalue weighted by molar-refractivity contribution is 0.332. The molecule has 0 saturated heterocycles. The number of rotatable bonds is 8. The lowest BCUT2D eigenvalue weighted by atomic mass is 9.32. The van der Waals surface area contributed by atoms with Crippen LogP contribution in [0.2, 0.25) is 0 Å². The summed E-state index contributed by atoms with van der Waals surface area (Å²) in [6.45, 7) is 37.1. The van der Waals surface area contributed by atoms with Crippen molar-refractivity contribution in [2.45, 2.75) is 174 Å². The van der Waals surface area contributed by atoms with Crippen molar-refractivity contribution < 1.29 is 0 Å². The van der Waals surface area contributed by atoms with Gasteiger partial charge in [0.05, 0.1) is 11.4 Å². The molecule has 428 valence electrons. The van der Waals surface area contributed by atoms with Crippen molar-refractivity contribution in [3.05, 3.63) is 238 Å². The van der Waals surface area contributed by atoms with Crippen molar-refractivity contribution in [1.29, 1.82) is 0 Å². The molecule has 2 aliphatic heterocycles. The zero-order valence-corrected chi connectivity index (χ0v) is 53.4. The van der Waals surface area contributed by atoms with Crippen LogP contribution in [0, 0.1) is 6.92 Å². The number of nitrogens with zero attached hydrogens (tertiary/aromatic N) is 3. The van der Waals surface area contributed by atoms with E-state index in [1.54, 1.807) is 0 Å². The van der Waals surface area contributed by atoms with Crippen LogP contribution in [0.25, 0.3) is 11.1 Å². The number of hydrogen-bond donors (Lipinski definition) is 0. The summed E-state index contributed by atoms with van der Waals surface area (Å²) in [5.74, 6) is 0. The van der Waals surface area contributed by atoms with Crippen LogP contribution in [-0.2, 0) is 37.9 Å². The molecule has 0 N–H and O–H groups in total. The largest absolute Gasteiger partial charge is 0.311 e. The van der Waals surface area contributed by atoms with Crippen LogP contribution in [0.5, 0.6) is 0 Å². The van der Waals surface area contributed by atoms with Gasteiger partial charge in [-0.2, -0.15) is 0 Å². The monoisotopic (exact) mass is 1110 g/mol. The van der Waals surface area contributed by atoms with E-state index in [2.05, 4.69) is 307 Å². The molecule has 85 heavy (non-hydrogen) atoms. The van der Waals surface area contributed by atoms with Gasteiger partial charge in [-0.3, -0.25) is 0 Å². The summed E-state index contributed by atoms with van der Waals surface area (Å²) in [5.41, 5.74) is 29.9. The van der Waals surface area contributed by atoms with Gasteiger partial charge in [0.2, 0.25) is 0 Å². The molecule has 5 aliphatic rings. The fourth-order valence-electron chi connectivity index (χ4n) is 16.7. The zero-order chi connectivity index (χ0) is 59.5. The van der Waals surface area contributed by atoms with E-state index < -0.39 is 0 Å². The maximum Gasteiger partial charge on any atom is 0.252 e. The third kappa shape index (κ3) is 8.64. The molecule has 0 unspecified atom stereocenters. The van der Waals surface area contributed by atoms with E-state index in [-0.39, 0.29) is 44.6 Å². The third-order valence-corrected chi connectivity index (χ3v) is 21.7. The molecule has 4 heteroatoms. The van der Waals surface area contributed by atoms with E-state index >= 15 is 0 Å². The molecule has 2 heterocycles. The van der Waals surface area contributed by atoms with Gasteiger partial charge in [0.15, 0.2) is 0 Å². The highest BCUT2D eigenvalue weighted by atomic mass is 15.2. The summed E-state index contributed by atoms with van der Waals surface area (Å²) in [7, 11) is 0. The fourth-order valence-corrected chi connectivity index (χ4v) is 16.7. The van der Waals surface area contributed by atoms with E-state index in [4.69, 9.17) is 0 Å². The van der Waals surface area contributed by atoms with Crippen LogP contribution < -0.4 is 31.1 Å². The molecule has 0 atom stereocenters. The Balaban J connectivity index is 1.17. The number of aryl methyl sites for hydroxylation is 1. The average Bonchev–Trinajstić information content (AvgIpc) is 0.969. The molecule has 0 aromatic heterocycles. The van der Waals surface area contributed by atoms with Gasteiger partial charge in [0.25, 0.3) is 6.71 Å². The third-order valence-electron chi connectivity index (χ3n) is 21.7. The lowest BCUT2D eigenvalue weighted by Crippen LogP contribution is -2.62. The Hall–Kier alpha value is -7.56. The smallest absolute Gasteiger partial charge is 0.252 e. The molecule has 3 aliphatic carbocycles. The predicted molar refractivity (Wildman–Crippen MR) is 365 cm³/mol. The van der Waals surface area contributed by atoms with Gasteiger partial charge in [0.1, 0.15) is 0 Å². The van der Waals surface area contributed by atoms with Gasteiger partial charge in [-0.15, -0.1) is 0 Å². The van der Waals surface area contributed by atoms with Crippen molar-refractivity contribution >= 4 is 74.3 Å². The summed E-state index contributed by atoms with van der Waals surface area (Å²) in [4.78, 5) is 8.03. The molecule has 0 spiro atoms. The van der Waals surface area contributed by atoms with E-state index in [1.807, 2.05) is 0 Å². The molecule has 14 rings (SSSR count). The second-order valence-electron chi connectivity index (χ2n) is 30.7. The Morgan fingerprint density at radius 3 is 1.25 bits per heavy atom. The Bertz CT molecular complexity index is 4100. The first kappa shape index (κ1) is 55.3. The maximum absolute atomic E-state index is 2.77. The first-order valence-corrected chi connectivity index (χ1v) is 31.7. The minimum atomic E-state index is -0.267. The van der Waals surface area contributed by atoms with Gasteiger partial charge >= 0.3 is 0 Å². The van der Waals surface area contributed by atoms with Crippen molar-refractivity contribution in [2.75, 3.05) is 14.7 Å². The maximum atomic E-state index is 2.77. The normalized spacial score (nSPS) is 18.6. The summed E-state index contributed by atoms with van der Waals surface area (Å²) in [6, 6.07) is 73.2. The molecule has 3 nitrogen and oxygen atoms in total. The molecule has 0 fully saturated rings. The van der Waals surface area contributed by atoms with E-state index in [0.29, 0.717) is 0 Å². The van der Waals surface area contributed by atoms with Crippen molar-refractivity contribution in [3.8, 4) is 11.1 Å². The minimum Gasteiger partial charge on any atom is -0.311 e. The fraction of sp³-hybridized carbons (Fsp3) is 0.333. The minimum absolute atomic E-state index is 0.00605. The molecule has 0 bridgehead atoms. The molecular formula is C81H86BN3. The number of hydrogen-bond acceptors (Lipinski definition) is 3. The van der Waals surface area contributed by atoms with Crippen molar-refractivity contribution in [2.24, 2.45) is 0 Å². The van der Waals surface area contributed by atoms with Gasteiger partial charge in [-0.05, 0) is 210 Å². The Labute approximate surface area is 509 Å².